The highest BCUT2D eigenvalue weighted by Gasteiger charge is 2.49. The zero-order valence-electron chi connectivity index (χ0n) is 25.3. The maximum absolute atomic E-state index is 13.7. The highest BCUT2D eigenvalue weighted by molar-refractivity contribution is 7.94. The van der Waals surface area contributed by atoms with Gasteiger partial charge in [0.05, 0.1) is 24.5 Å². The number of hydrogen-bond acceptors (Lipinski definition) is 5. The van der Waals surface area contributed by atoms with Crippen molar-refractivity contribution < 1.29 is 22.3 Å². The number of fused-ring (bicyclic) bond motifs is 1. The zero-order valence-corrected chi connectivity index (χ0v) is 26.1. The molecule has 44 heavy (non-hydrogen) atoms. The fourth-order valence-corrected chi connectivity index (χ4v) is 7.06. The van der Waals surface area contributed by atoms with E-state index < -0.39 is 16.0 Å². The fourth-order valence-electron chi connectivity index (χ4n) is 6.09. The number of para-hydroxylation sites is 1. The topological polar surface area (TPSA) is 112 Å². The summed E-state index contributed by atoms with van der Waals surface area (Å²) >= 11 is 0. The molecule has 3 aromatic carbocycles. The second-order valence-electron chi connectivity index (χ2n) is 11.8. The number of amidine groups is 1. The number of carbonyl (C=O) groups excluding carboxylic acids is 1. The van der Waals surface area contributed by atoms with Gasteiger partial charge < -0.3 is 4.74 Å². The number of ether oxygens (including phenoxy) is 1. The molecule has 0 heterocycles. The SMILES string of the molecule is CCCCC(=N)N(Cc1ccc(-c2ccccc2NS(=O)(=O)Nc2ccc(F)cc2)c(COCC)c1)C(=O)C1CC2C[C@@H]2C1. The largest absolute Gasteiger partial charge is 0.377 e. The van der Waals surface area contributed by atoms with Crippen LogP contribution in [-0.4, -0.2) is 31.7 Å². The van der Waals surface area contributed by atoms with E-state index in [-0.39, 0.29) is 17.5 Å². The van der Waals surface area contributed by atoms with Gasteiger partial charge in [-0.15, -0.1) is 0 Å². The van der Waals surface area contributed by atoms with Crippen LogP contribution in [0, 0.1) is 29.0 Å². The third-order valence-electron chi connectivity index (χ3n) is 8.48. The van der Waals surface area contributed by atoms with Crippen molar-refractivity contribution in [2.24, 2.45) is 17.8 Å². The molecular formula is C34H41FN4O4S. The van der Waals surface area contributed by atoms with Crippen LogP contribution in [0.4, 0.5) is 15.8 Å². The van der Waals surface area contributed by atoms with Crippen molar-refractivity contribution >= 4 is 33.3 Å². The van der Waals surface area contributed by atoms with Crippen molar-refractivity contribution in [1.82, 2.24) is 4.90 Å². The van der Waals surface area contributed by atoms with Gasteiger partial charge in [0.15, 0.2) is 0 Å². The lowest BCUT2D eigenvalue weighted by molar-refractivity contribution is -0.132. The first kappa shape index (κ1) is 31.7. The lowest BCUT2D eigenvalue weighted by atomic mass is 9.96. The summed E-state index contributed by atoms with van der Waals surface area (Å²) in [5.74, 6) is 1.30. The van der Waals surface area contributed by atoms with Crippen LogP contribution in [0.2, 0.25) is 0 Å². The van der Waals surface area contributed by atoms with E-state index in [2.05, 4.69) is 16.4 Å². The molecule has 0 aromatic heterocycles. The molecule has 2 aliphatic rings. The molecular weight excluding hydrogens is 579 g/mol. The van der Waals surface area contributed by atoms with E-state index in [9.17, 15) is 17.6 Å². The second kappa shape index (κ2) is 13.9. The molecule has 5 rings (SSSR count). The molecule has 0 aliphatic heterocycles. The summed E-state index contributed by atoms with van der Waals surface area (Å²) in [5, 5.41) is 8.79. The maximum Gasteiger partial charge on any atom is 0.321 e. The highest BCUT2D eigenvalue weighted by atomic mass is 32.2. The van der Waals surface area contributed by atoms with Gasteiger partial charge in [0.2, 0.25) is 5.91 Å². The van der Waals surface area contributed by atoms with Crippen molar-refractivity contribution in [3.05, 3.63) is 83.7 Å². The first-order valence-corrected chi connectivity index (χ1v) is 16.9. The molecule has 0 radical (unpaired) electrons. The van der Waals surface area contributed by atoms with E-state index in [1.165, 1.54) is 30.7 Å². The molecule has 1 amide bonds. The molecule has 2 unspecified atom stereocenters. The zero-order chi connectivity index (χ0) is 31.3. The Kier molecular flexibility index (Phi) is 10.0. The molecule has 2 fully saturated rings. The van der Waals surface area contributed by atoms with Crippen molar-refractivity contribution in [2.75, 3.05) is 16.1 Å². The molecule has 3 aromatic rings. The predicted octanol–water partition coefficient (Wildman–Crippen LogP) is 7.34. The summed E-state index contributed by atoms with van der Waals surface area (Å²) in [6.07, 6.45) is 5.46. The van der Waals surface area contributed by atoms with E-state index in [0.29, 0.717) is 55.1 Å². The molecule has 234 valence electrons. The van der Waals surface area contributed by atoms with E-state index in [4.69, 9.17) is 10.1 Å². The maximum atomic E-state index is 13.7. The minimum Gasteiger partial charge on any atom is -0.377 e. The third kappa shape index (κ3) is 7.84. The number of rotatable bonds is 14. The van der Waals surface area contributed by atoms with E-state index >= 15 is 0 Å². The predicted molar refractivity (Wildman–Crippen MR) is 172 cm³/mol. The van der Waals surface area contributed by atoms with Crippen LogP contribution in [0.3, 0.4) is 0 Å². The van der Waals surface area contributed by atoms with Crippen LogP contribution in [0.15, 0.2) is 66.7 Å². The Balaban J connectivity index is 1.41. The quantitative estimate of drug-likeness (QED) is 0.129. The van der Waals surface area contributed by atoms with Gasteiger partial charge in [-0.25, -0.2) is 4.39 Å². The van der Waals surface area contributed by atoms with Gasteiger partial charge in [0, 0.05) is 24.5 Å². The van der Waals surface area contributed by atoms with Crippen LogP contribution in [0.1, 0.15) is 63.5 Å². The minimum absolute atomic E-state index is 0.00804. The summed E-state index contributed by atoms with van der Waals surface area (Å²) < 4.78 is 50.2. The Hall–Kier alpha value is -3.76. The van der Waals surface area contributed by atoms with Gasteiger partial charge in [0.1, 0.15) is 11.7 Å². The van der Waals surface area contributed by atoms with Crippen LogP contribution in [0.5, 0.6) is 0 Å². The van der Waals surface area contributed by atoms with Gasteiger partial charge >= 0.3 is 10.2 Å². The fraction of sp³-hybridized carbons (Fsp3) is 0.412. The molecule has 10 heteroatoms. The number of halogens is 1. The van der Waals surface area contributed by atoms with Gasteiger partial charge in [-0.3, -0.25) is 24.5 Å². The summed E-state index contributed by atoms with van der Waals surface area (Å²) in [7, 11) is -4.04. The monoisotopic (exact) mass is 620 g/mol. The van der Waals surface area contributed by atoms with Crippen molar-refractivity contribution in [3.8, 4) is 11.1 Å². The lowest BCUT2D eigenvalue weighted by Crippen LogP contribution is -2.39. The van der Waals surface area contributed by atoms with Gasteiger partial charge in [-0.05, 0) is 91.5 Å². The van der Waals surface area contributed by atoms with Crippen LogP contribution in [-0.2, 0) is 32.9 Å². The van der Waals surface area contributed by atoms with Crippen molar-refractivity contribution in [3.63, 3.8) is 0 Å². The average molecular weight is 621 g/mol. The highest BCUT2D eigenvalue weighted by Crippen LogP contribution is 2.54. The summed E-state index contributed by atoms with van der Waals surface area (Å²) in [6, 6.07) is 18.0. The van der Waals surface area contributed by atoms with E-state index in [1.807, 2.05) is 37.3 Å². The standard InChI is InChI=1S/C34H41FN4O4S/c1-3-5-10-33(36)39(34(40)26-19-24-18-25(24)20-26)21-23-11-16-30(27(17-23)22-43-4-2)31-8-6-7-9-32(31)38-44(41,42)37-29-14-12-28(35)13-15-29/h6-9,11-17,24-26,36-38H,3-5,10,18-22H2,1-2H3/t24-,25?,26?/m1/s1. The Morgan fingerprint density at radius 2 is 1.70 bits per heavy atom. The summed E-state index contributed by atoms with van der Waals surface area (Å²) in [5.41, 5.74) is 3.78. The van der Waals surface area contributed by atoms with Crippen molar-refractivity contribution in [1.29, 1.82) is 5.41 Å². The number of carbonyl (C=O) groups is 1. The number of unbranched alkanes of at least 4 members (excludes halogenated alkanes) is 1. The van der Waals surface area contributed by atoms with Gasteiger partial charge in [-0.1, -0.05) is 49.7 Å². The molecule has 0 spiro atoms. The molecule has 0 saturated heterocycles. The first-order valence-electron chi connectivity index (χ1n) is 15.4. The normalized spacial score (nSPS) is 18.8. The van der Waals surface area contributed by atoms with Crippen LogP contribution < -0.4 is 9.44 Å². The number of nitrogens with zero attached hydrogens (tertiary/aromatic N) is 1. The molecule has 2 saturated carbocycles. The number of benzene rings is 3. The minimum atomic E-state index is -4.04. The average Bonchev–Trinajstić information content (AvgIpc) is 3.62. The Morgan fingerprint density at radius 3 is 2.41 bits per heavy atom. The van der Waals surface area contributed by atoms with E-state index in [1.54, 1.807) is 17.0 Å². The first-order chi connectivity index (χ1) is 21.2. The molecule has 8 nitrogen and oxygen atoms in total. The number of hydrogen-bond donors (Lipinski definition) is 3. The lowest BCUT2D eigenvalue weighted by Gasteiger charge is -2.27. The number of amides is 1. The van der Waals surface area contributed by atoms with Crippen LogP contribution >= 0.6 is 0 Å². The Bertz CT molecular complexity index is 1590. The number of nitrogens with one attached hydrogen (secondary N) is 3. The Morgan fingerprint density at radius 1 is 0.977 bits per heavy atom. The molecule has 0 bridgehead atoms. The van der Waals surface area contributed by atoms with Crippen LogP contribution in [0.25, 0.3) is 11.1 Å². The van der Waals surface area contributed by atoms with Crippen molar-refractivity contribution in [2.45, 2.75) is 65.5 Å². The smallest absolute Gasteiger partial charge is 0.321 e. The summed E-state index contributed by atoms with van der Waals surface area (Å²) in [4.78, 5) is 15.3. The second-order valence-corrected chi connectivity index (χ2v) is 13.2. The molecule has 2 aliphatic carbocycles. The van der Waals surface area contributed by atoms with Gasteiger partial charge in [0.25, 0.3) is 0 Å². The van der Waals surface area contributed by atoms with E-state index in [0.717, 1.165) is 42.4 Å². The third-order valence-corrected chi connectivity index (χ3v) is 9.47. The molecule has 3 N–H and O–H groups in total. The Labute approximate surface area is 259 Å². The summed E-state index contributed by atoms with van der Waals surface area (Å²) in [6.45, 7) is 5.09. The van der Waals surface area contributed by atoms with Gasteiger partial charge in [-0.2, -0.15) is 8.42 Å². The number of anilines is 2. The molecule has 3 atom stereocenters.